The molecular weight excluding hydrogens is 491 g/mol. The number of halogens is 3. The summed E-state index contributed by atoms with van der Waals surface area (Å²) in [7, 11) is 0. The number of aliphatic hydroxyl groups excluding tert-OH is 2. The van der Waals surface area contributed by atoms with Gasteiger partial charge in [-0.3, -0.25) is 9.59 Å². The van der Waals surface area contributed by atoms with Gasteiger partial charge in [0.05, 0.1) is 24.0 Å². The molecular formula is C27H38F3NO6. The molecule has 1 unspecified atom stereocenters. The van der Waals surface area contributed by atoms with Gasteiger partial charge in [0.15, 0.2) is 5.90 Å². The van der Waals surface area contributed by atoms with Crippen molar-refractivity contribution in [1.82, 2.24) is 0 Å². The molecule has 2 heterocycles. The maximum absolute atomic E-state index is 13.7. The van der Waals surface area contributed by atoms with Gasteiger partial charge in [-0.1, -0.05) is 52.0 Å². The Kier molecular flexibility index (Phi) is 10.3. The van der Waals surface area contributed by atoms with Gasteiger partial charge in [0.1, 0.15) is 24.5 Å². The molecule has 6 atom stereocenters. The van der Waals surface area contributed by atoms with Crippen molar-refractivity contribution in [1.29, 1.82) is 0 Å². The average Bonchev–Trinajstić information content (AvgIpc) is 3.21. The number of allylic oxidation sites excluding steroid dienone is 2. The third-order valence-corrected chi connectivity index (χ3v) is 7.06. The van der Waals surface area contributed by atoms with Crippen LogP contribution in [0.25, 0.3) is 0 Å². The molecule has 0 saturated heterocycles. The van der Waals surface area contributed by atoms with Gasteiger partial charge in [-0.2, -0.15) is 13.2 Å². The molecule has 0 aromatic rings. The summed E-state index contributed by atoms with van der Waals surface area (Å²) in [4.78, 5) is 30.2. The number of hydrogen-bond acceptors (Lipinski definition) is 7. The second-order valence-electron chi connectivity index (χ2n) is 10.5. The molecule has 0 aromatic heterocycles. The first-order chi connectivity index (χ1) is 17.0. The minimum atomic E-state index is -4.62. The number of cyclic esters (lactones) is 1. The van der Waals surface area contributed by atoms with Gasteiger partial charge in [0.2, 0.25) is 0 Å². The first kappa shape index (κ1) is 30.8. The van der Waals surface area contributed by atoms with Crippen LogP contribution in [0, 0.1) is 17.3 Å². The Bertz CT molecular complexity index is 966. The molecule has 10 heteroatoms. The van der Waals surface area contributed by atoms with Crippen molar-refractivity contribution >= 4 is 17.7 Å². The fraction of sp³-hybridized carbons (Fsp3) is 0.667. The van der Waals surface area contributed by atoms with Crippen LogP contribution in [0.4, 0.5) is 13.2 Å². The number of rotatable bonds is 2. The Morgan fingerprint density at radius 1 is 1.22 bits per heavy atom. The molecule has 2 aliphatic heterocycles. The highest BCUT2D eigenvalue weighted by atomic mass is 19.4. The lowest BCUT2D eigenvalue weighted by Gasteiger charge is -2.34. The zero-order valence-electron chi connectivity index (χ0n) is 22.2. The predicted octanol–water partition coefficient (Wildman–Crippen LogP) is 4.48. The summed E-state index contributed by atoms with van der Waals surface area (Å²) in [6, 6.07) is -0.357. The number of esters is 1. The SMILES string of the molecule is CC1=NC(/C=C(\C)[C@@H]2C/C=C(/C(F)(F)F)C/C=C/[C@H](C)[C@H](O)[C@@H](C)C(=O)C(C)(C)[C@@H](O)CC(=O)O2)CO1. The van der Waals surface area contributed by atoms with E-state index in [4.69, 9.17) is 9.47 Å². The Morgan fingerprint density at radius 2 is 1.86 bits per heavy atom. The van der Waals surface area contributed by atoms with Gasteiger partial charge in [0, 0.05) is 30.8 Å². The third-order valence-electron chi connectivity index (χ3n) is 7.06. The molecule has 0 spiro atoms. The minimum absolute atomic E-state index is 0.249. The van der Waals surface area contributed by atoms with E-state index in [2.05, 4.69) is 4.99 Å². The number of aliphatic imine (C=N–C) groups is 1. The summed E-state index contributed by atoms with van der Waals surface area (Å²) in [5.74, 6) is -2.38. The van der Waals surface area contributed by atoms with Crippen LogP contribution in [0.1, 0.15) is 60.8 Å². The van der Waals surface area contributed by atoms with Crippen LogP contribution in [0.5, 0.6) is 0 Å². The van der Waals surface area contributed by atoms with Crippen molar-refractivity contribution < 1.29 is 42.4 Å². The molecule has 2 aliphatic rings. The second kappa shape index (κ2) is 12.4. The monoisotopic (exact) mass is 529 g/mol. The maximum Gasteiger partial charge on any atom is 0.412 e. The van der Waals surface area contributed by atoms with E-state index in [9.17, 15) is 33.0 Å². The van der Waals surface area contributed by atoms with Crippen molar-refractivity contribution in [3.05, 3.63) is 35.5 Å². The molecule has 37 heavy (non-hydrogen) atoms. The van der Waals surface area contributed by atoms with Crippen LogP contribution in [0.3, 0.4) is 0 Å². The van der Waals surface area contributed by atoms with E-state index in [1.54, 1.807) is 26.8 Å². The van der Waals surface area contributed by atoms with Crippen LogP contribution >= 0.6 is 0 Å². The van der Waals surface area contributed by atoms with Gasteiger partial charge in [-0.15, -0.1) is 0 Å². The fourth-order valence-electron chi connectivity index (χ4n) is 4.41. The number of carbonyl (C=O) groups excluding carboxylic acids is 2. The topological polar surface area (TPSA) is 105 Å². The van der Waals surface area contributed by atoms with Gasteiger partial charge in [-0.05, 0) is 18.9 Å². The zero-order valence-corrected chi connectivity index (χ0v) is 22.2. The van der Waals surface area contributed by atoms with Gasteiger partial charge in [0.25, 0.3) is 0 Å². The maximum atomic E-state index is 13.7. The lowest BCUT2D eigenvalue weighted by atomic mass is 9.73. The summed E-state index contributed by atoms with van der Waals surface area (Å²) in [6.07, 6.45) is -4.06. The molecule has 2 rings (SSSR count). The number of nitrogens with zero attached hydrogens (tertiary/aromatic N) is 1. The molecule has 0 amide bonds. The predicted molar refractivity (Wildman–Crippen MR) is 133 cm³/mol. The number of Topliss-reactive ketones (excluding diaryl/α,β-unsaturated/α-hetero) is 1. The highest BCUT2D eigenvalue weighted by Crippen LogP contribution is 2.33. The Morgan fingerprint density at radius 3 is 2.43 bits per heavy atom. The largest absolute Gasteiger partial charge is 0.479 e. The lowest BCUT2D eigenvalue weighted by molar-refractivity contribution is -0.154. The number of hydrogen-bond donors (Lipinski definition) is 2. The van der Waals surface area contributed by atoms with E-state index in [1.165, 1.54) is 32.9 Å². The summed E-state index contributed by atoms with van der Waals surface area (Å²) >= 11 is 0. The van der Waals surface area contributed by atoms with E-state index in [0.29, 0.717) is 11.5 Å². The van der Waals surface area contributed by atoms with Crippen molar-refractivity contribution in [3.8, 4) is 0 Å². The minimum Gasteiger partial charge on any atom is -0.479 e. The van der Waals surface area contributed by atoms with E-state index in [-0.39, 0.29) is 19.1 Å². The summed E-state index contributed by atoms with van der Waals surface area (Å²) in [5.41, 5.74) is -1.71. The van der Waals surface area contributed by atoms with Crippen molar-refractivity contribution in [3.63, 3.8) is 0 Å². The number of ether oxygens (including phenoxy) is 2. The Balaban J connectivity index is 2.47. The summed E-state index contributed by atoms with van der Waals surface area (Å²) < 4.78 is 52.1. The normalized spacial score (nSPS) is 35.2. The molecule has 0 bridgehead atoms. The fourth-order valence-corrected chi connectivity index (χ4v) is 4.41. The smallest absolute Gasteiger partial charge is 0.412 e. The zero-order chi connectivity index (χ0) is 28.1. The Hall–Kier alpha value is -2.46. The molecule has 0 fully saturated rings. The number of aliphatic hydroxyl groups is 2. The molecule has 0 radical (unpaired) electrons. The highest BCUT2D eigenvalue weighted by molar-refractivity contribution is 5.88. The molecule has 0 aliphatic carbocycles. The van der Waals surface area contributed by atoms with Crippen molar-refractivity contribution in [2.45, 2.75) is 91.3 Å². The standard InChI is InChI=1S/C27H38F3NO6/c1-15-8-7-9-19(27(28,29)30)10-11-21(16(2)12-20-14-36-18(4)31-20)37-23(33)13-22(32)26(5,6)25(35)17(3)24(15)34/h7-8,10,12,15,17,20-22,24,32,34H,9,11,13-14H2,1-6H3/b8-7+,16-12+,19-10+/t15-,17+,20?,21-,22-,24-/m0/s1. The second-order valence-corrected chi connectivity index (χ2v) is 10.5. The highest BCUT2D eigenvalue weighted by Gasteiger charge is 2.42. The van der Waals surface area contributed by atoms with Crippen LogP contribution < -0.4 is 0 Å². The van der Waals surface area contributed by atoms with Gasteiger partial charge in [-0.25, -0.2) is 4.99 Å². The third kappa shape index (κ3) is 8.26. The summed E-state index contributed by atoms with van der Waals surface area (Å²) in [6.45, 7) is 9.67. The molecule has 208 valence electrons. The van der Waals surface area contributed by atoms with Crippen LogP contribution in [0.15, 0.2) is 40.4 Å². The molecule has 7 nitrogen and oxygen atoms in total. The van der Waals surface area contributed by atoms with E-state index >= 15 is 0 Å². The van der Waals surface area contributed by atoms with Crippen LogP contribution in [0.2, 0.25) is 0 Å². The van der Waals surface area contributed by atoms with E-state index in [1.807, 2.05) is 0 Å². The van der Waals surface area contributed by atoms with Crippen molar-refractivity contribution in [2.24, 2.45) is 22.2 Å². The first-order valence-electron chi connectivity index (χ1n) is 12.4. The molecule has 2 N–H and O–H groups in total. The van der Waals surface area contributed by atoms with E-state index in [0.717, 1.165) is 6.08 Å². The number of carbonyl (C=O) groups is 2. The number of ketones is 1. The van der Waals surface area contributed by atoms with E-state index < -0.39 is 71.9 Å². The average molecular weight is 530 g/mol. The lowest BCUT2D eigenvalue weighted by Crippen LogP contribution is -2.45. The van der Waals surface area contributed by atoms with Crippen LogP contribution in [-0.4, -0.2) is 65.0 Å². The number of alkyl halides is 3. The van der Waals surface area contributed by atoms with Gasteiger partial charge < -0.3 is 19.7 Å². The van der Waals surface area contributed by atoms with Crippen molar-refractivity contribution in [2.75, 3.05) is 6.61 Å². The quantitative estimate of drug-likeness (QED) is 0.404. The van der Waals surface area contributed by atoms with Crippen LogP contribution in [-0.2, 0) is 19.1 Å². The first-order valence-corrected chi connectivity index (χ1v) is 12.4. The summed E-state index contributed by atoms with van der Waals surface area (Å²) in [5, 5.41) is 21.4. The van der Waals surface area contributed by atoms with Gasteiger partial charge >= 0.3 is 12.1 Å². The Labute approximate surface area is 216 Å². The molecule has 0 saturated carbocycles. The molecule has 0 aromatic carbocycles.